The Kier molecular flexibility index (Phi) is 16.3. The molecule has 6 rings (SSSR count). The molecule has 3 aliphatic heterocycles. The highest BCUT2D eigenvalue weighted by Crippen LogP contribution is 2.47. The maximum Gasteiger partial charge on any atom is 0.407 e. The molecule has 16 heteroatoms. The average Bonchev–Trinajstić information content (AvgIpc) is 4.11. The molecule has 6 atom stereocenters. The molecule has 0 radical (unpaired) electrons. The lowest BCUT2D eigenvalue weighted by molar-refractivity contribution is -0.139. The number of carbonyl (C=O) groups excluding carboxylic acids is 6. The maximum absolute atomic E-state index is 13.7. The van der Waals surface area contributed by atoms with Crippen LogP contribution in [0, 0.1) is 11.8 Å². The van der Waals surface area contributed by atoms with Crippen LogP contribution in [0.5, 0.6) is 0 Å². The van der Waals surface area contributed by atoms with Gasteiger partial charge < -0.3 is 45.4 Å². The molecule has 0 spiro atoms. The molecule has 3 aromatic carbocycles. The normalized spacial score (nSPS) is 20.5. The van der Waals surface area contributed by atoms with Crippen LogP contribution in [0.25, 0.3) is 0 Å². The standard InChI is InChI=1S/C52H73N7O8Si/c1-32(2)44(55-50(64)66-8)48(62)57-30-12-14-42(57)46(60)53-36-20-16-34(17-21-36)40-28-29-41(59(40)38-24-26-39(27-25-38)68(10,11)52(5,6)7)35-18-22-37(23-19-35)54-47(61)43-15-13-31-58(43)49(63)45(33(3)4)56-51(65)67-9/h16-27,32-33,40-45H,12-15,28-31H2,1-11H3,(H,53,60)(H,54,61)(H,55,64)(H,56,65)/q-1/t40-,41-,42-,43-,44-,45-/m0/s1. The molecule has 68 heavy (non-hydrogen) atoms. The van der Waals surface area contributed by atoms with Crippen LogP contribution in [0.4, 0.5) is 26.7 Å². The zero-order valence-corrected chi connectivity index (χ0v) is 42.8. The molecule has 0 saturated carbocycles. The number of nitrogens with one attached hydrogen (secondary N) is 4. The van der Waals surface area contributed by atoms with Crippen molar-refractivity contribution in [2.75, 3.05) is 42.8 Å². The predicted molar refractivity (Wildman–Crippen MR) is 268 cm³/mol. The monoisotopic (exact) mass is 952 g/mol. The van der Waals surface area contributed by atoms with Gasteiger partial charge in [-0.25, -0.2) is 9.59 Å². The molecule has 6 amide bonds. The van der Waals surface area contributed by atoms with E-state index in [0.717, 1.165) is 29.7 Å². The van der Waals surface area contributed by atoms with E-state index < -0.39 is 44.4 Å². The number of likely N-dealkylation sites (tertiary alicyclic amines) is 2. The van der Waals surface area contributed by atoms with E-state index >= 15 is 0 Å². The minimum absolute atomic E-state index is 0.0234. The van der Waals surface area contributed by atoms with Crippen LogP contribution in [0.3, 0.4) is 0 Å². The number of anilines is 3. The van der Waals surface area contributed by atoms with Gasteiger partial charge in [0.1, 0.15) is 24.2 Å². The Morgan fingerprint density at radius 3 is 1.31 bits per heavy atom. The van der Waals surface area contributed by atoms with Gasteiger partial charge in [0.05, 0.1) is 26.3 Å². The Morgan fingerprint density at radius 1 is 0.588 bits per heavy atom. The van der Waals surface area contributed by atoms with Gasteiger partial charge in [-0.05, 0) is 97.9 Å². The first-order valence-corrected chi connectivity index (χ1v) is 27.2. The zero-order valence-electron chi connectivity index (χ0n) is 41.8. The molecule has 15 nitrogen and oxygen atoms in total. The van der Waals surface area contributed by atoms with Crippen molar-refractivity contribution in [2.45, 2.75) is 141 Å². The number of hydrogen-bond donors (Lipinski definition) is 4. The molecule has 0 bridgehead atoms. The molecule has 3 aromatic rings. The summed E-state index contributed by atoms with van der Waals surface area (Å²) >= 11 is 0. The summed E-state index contributed by atoms with van der Waals surface area (Å²) in [5, 5.41) is 13.0. The van der Waals surface area contributed by atoms with Crippen LogP contribution in [-0.4, -0.2) is 105 Å². The lowest BCUT2D eigenvalue weighted by atomic mass is 10.0. The van der Waals surface area contributed by atoms with E-state index in [2.05, 4.69) is 109 Å². The van der Waals surface area contributed by atoms with Crippen LogP contribution in [0.15, 0.2) is 72.8 Å². The topological polar surface area (TPSA) is 179 Å². The molecule has 0 aliphatic carbocycles. The lowest BCUT2D eigenvalue weighted by Crippen LogP contribution is -2.54. The van der Waals surface area contributed by atoms with Gasteiger partial charge in [-0.1, -0.05) is 84.9 Å². The summed E-state index contributed by atoms with van der Waals surface area (Å²) in [4.78, 5) is 84.4. The Hall–Kier alpha value is -5.90. The van der Waals surface area contributed by atoms with Crippen molar-refractivity contribution in [3.8, 4) is 0 Å². The van der Waals surface area contributed by atoms with E-state index in [0.29, 0.717) is 50.1 Å². The van der Waals surface area contributed by atoms with Crippen LogP contribution >= 0.6 is 0 Å². The highest BCUT2D eigenvalue weighted by Gasteiger charge is 2.41. The smallest absolute Gasteiger partial charge is 0.407 e. The Bertz CT molecular complexity index is 2150. The lowest BCUT2D eigenvalue weighted by Gasteiger charge is -2.49. The molecular formula is C52H73N7O8Si-. The third-order valence-corrected chi connectivity index (χ3v) is 20.3. The SMILES string of the molecule is COC(=O)N[C@H](C(=O)N1CCC[C@H]1C(=O)Nc1ccc([C@@H]2CC[C@@H](c3ccc(NC(=O)[C@@H]4CCCN4C(=O)[C@@H](NC(=O)OC)C(C)C)cc3)N2c2ccc([Si-](C)(C)C(C)(C)C)cc2)cc1)C(C)C. The average molecular weight is 952 g/mol. The fourth-order valence-electron chi connectivity index (χ4n) is 9.70. The number of ether oxygens (including phenoxy) is 2. The molecular weight excluding hydrogens is 879 g/mol. The zero-order chi connectivity index (χ0) is 49.7. The number of hydrogen-bond acceptors (Lipinski definition) is 9. The van der Waals surface area contributed by atoms with Crippen molar-refractivity contribution in [1.29, 1.82) is 0 Å². The van der Waals surface area contributed by atoms with Crippen molar-refractivity contribution in [3.05, 3.63) is 83.9 Å². The van der Waals surface area contributed by atoms with Gasteiger partial charge >= 0.3 is 12.2 Å². The minimum Gasteiger partial charge on any atom is -0.453 e. The summed E-state index contributed by atoms with van der Waals surface area (Å²) in [6.45, 7) is 20.0. The molecule has 369 valence electrons. The molecule has 0 aromatic heterocycles. The number of alkyl carbamates (subject to hydrolysis) is 2. The summed E-state index contributed by atoms with van der Waals surface area (Å²) in [5.74, 6) is -1.55. The predicted octanol–water partition coefficient (Wildman–Crippen LogP) is 8.11. The van der Waals surface area contributed by atoms with E-state index in [1.54, 1.807) is 9.80 Å². The Labute approximate surface area is 403 Å². The van der Waals surface area contributed by atoms with Crippen molar-refractivity contribution in [3.63, 3.8) is 0 Å². The third-order valence-electron chi connectivity index (χ3n) is 14.7. The first-order chi connectivity index (χ1) is 32.2. The van der Waals surface area contributed by atoms with E-state index in [-0.39, 0.29) is 52.6 Å². The van der Waals surface area contributed by atoms with Crippen molar-refractivity contribution >= 4 is 66.1 Å². The first-order valence-electron chi connectivity index (χ1n) is 24.2. The highest BCUT2D eigenvalue weighted by molar-refractivity contribution is 6.92. The van der Waals surface area contributed by atoms with Crippen LogP contribution < -0.4 is 31.4 Å². The Balaban J connectivity index is 1.20. The van der Waals surface area contributed by atoms with Crippen LogP contribution in [0.2, 0.25) is 18.1 Å². The van der Waals surface area contributed by atoms with Gasteiger partial charge in [-0.2, -0.15) is 18.3 Å². The summed E-state index contributed by atoms with van der Waals surface area (Å²) in [5.41, 5.74) is 4.57. The van der Waals surface area contributed by atoms with Gasteiger partial charge in [-0.15, -0.1) is 13.1 Å². The molecule has 0 unspecified atom stereocenters. The van der Waals surface area contributed by atoms with E-state index in [4.69, 9.17) is 9.47 Å². The van der Waals surface area contributed by atoms with Gasteiger partial charge in [0, 0.05) is 30.2 Å². The van der Waals surface area contributed by atoms with Crippen molar-refractivity contribution < 1.29 is 38.2 Å². The van der Waals surface area contributed by atoms with Crippen LogP contribution in [-0.2, 0) is 28.7 Å². The number of rotatable bonds is 14. The summed E-state index contributed by atoms with van der Waals surface area (Å²) in [6, 6.07) is 22.1. The highest BCUT2D eigenvalue weighted by atomic mass is 28.3. The van der Waals surface area contributed by atoms with Gasteiger partial charge in [0.2, 0.25) is 23.6 Å². The number of nitrogens with zero attached hydrogens (tertiary/aromatic N) is 3. The maximum atomic E-state index is 13.7. The van der Waals surface area contributed by atoms with E-state index in [9.17, 15) is 28.8 Å². The molecule has 3 saturated heterocycles. The van der Waals surface area contributed by atoms with E-state index in [1.807, 2.05) is 52.0 Å². The number of carbonyl (C=O) groups is 6. The molecule has 4 N–H and O–H groups in total. The van der Waals surface area contributed by atoms with E-state index in [1.165, 1.54) is 19.4 Å². The molecule has 3 heterocycles. The number of amides is 6. The second-order valence-electron chi connectivity index (χ2n) is 20.8. The largest absolute Gasteiger partial charge is 0.453 e. The molecule has 3 fully saturated rings. The second kappa shape index (κ2) is 21.6. The number of benzene rings is 3. The minimum atomic E-state index is -1.80. The quantitative estimate of drug-likeness (QED) is 0.116. The van der Waals surface area contributed by atoms with Crippen LogP contribution in [0.1, 0.15) is 110 Å². The third kappa shape index (κ3) is 11.3. The van der Waals surface area contributed by atoms with Gasteiger partial charge in [0.15, 0.2) is 0 Å². The summed E-state index contributed by atoms with van der Waals surface area (Å²) in [6.07, 6.45) is 2.78. The fourth-order valence-corrected chi connectivity index (χ4v) is 11.6. The van der Waals surface area contributed by atoms with Crippen molar-refractivity contribution in [2.24, 2.45) is 11.8 Å². The van der Waals surface area contributed by atoms with Crippen molar-refractivity contribution in [1.82, 2.24) is 20.4 Å². The second-order valence-corrected chi connectivity index (χ2v) is 26.1. The Morgan fingerprint density at radius 2 is 0.971 bits per heavy atom. The number of methoxy groups -OCH3 is 2. The van der Waals surface area contributed by atoms with Gasteiger partial charge in [-0.3, -0.25) is 19.2 Å². The van der Waals surface area contributed by atoms with Gasteiger partial charge in [0.25, 0.3) is 0 Å². The first kappa shape index (κ1) is 51.5. The fraction of sp³-hybridized carbons (Fsp3) is 0.538. The molecule has 3 aliphatic rings. The summed E-state index contributed by atoms with van der Waals surface area (Å²) in [7, 11) is 0.710. The summed E-state index contributed by atoms with van der Waals surface area (Å²) < 4.78 is 9.51.